The second kappa shape index (κ2) is 5.50. The van der Waals surface area contributed by atoms with Crippen molar-refractivity contribution in [2.75, 3.05) is 12.3 Å². The highest BCUT2D eigenvalue weighted by atomic mass is 35.5. The molecule has 1 aromatic heterocycles. The molecule has 2 rings (SSSR count). The maximum atomic E-state index is 11.8. The average Bonchev–Trinajstić information content (AvgIpc) is 2.85. The molecule has 3 N–H and O–H groups in total. The molecule has 0 fully saturated rings. The van der Waals surface area contributed by atoms with Crippen molar-refractivity contribution in [3.05, 3.63) is 41.0 Å². The summed E-state index contributed by atoms with van der Waals surface area (Å²) in [6, 6.07) is 4.75. The van der Waals surface area contributed by atoms with Crippen molar-refractivity contribution in [1.29, 1.82) is 0 Å². The van der Waals surface area contributed by atoms with E-state index in [9.17, 15) is 4.79 Å². The van der Waals surface area contributed by atoms with Gasteiger partial charge in [0.05, 0.1) is 5.56 Å². The van der Waals surface area contributed by atoms with Crippen LogP contribution in [0.1, 0.15) is 16.2 Å². The SMILES string of the molecule is Nc1ccc(Cl)cc1C(=O)NCCc1ncno1. The van der Waals surface area contributed by atoms with E-state index >= 15 is 0 Å². The fourth-order valence-corrected chi connectivity index (χ4v) is 1.58. The Hall–Kier alpha value is -2.08. The highest BCUT2D eigenvalue weighted by molar-refractivity contribution is 6.31. The number of hydrogen-bond acceptors (Lipinski definition) is 5. The predicted molar refractivity (Wildman–Crippen MR) is 66.2 cm³/mol. The molecule has 0 unspecified atom stereocenters. The third kappa shape index (κ3) is 2.98. The molecule has 1 amide bonds. The summed E-state index contributed by atoms with van der Waals surface area (Å²) in [6.07, 6.45) is 1.78. The monoisotopic (exact) mass is 266 g/mol. The standard InChI is InChI=1S/C11H11ClN4O2/c12-7-1-2-9(13)8(5-7)11(17)14-4-3-10-15-6-16-18-10/h1-2,5-6H,3-4,13H2,(H,14,17). The van der Waals surface area contributed by atoms with Crippen molar-refractivity contribution in [3.63, 3.8) is 0 Å². The summed E-state index contributed by atoms with van der Waals surface area (Å²) in [5.74, 6) is 0.184. The minimum absolute atomic E-state index is 0.283. The van der Waals surface area contributed by atoms with E-state index in [4.69, 9.17) is 21.9 Å². The largest absolute Gasteiger partial charge is 0.398 e. The van der Waals surface area contributed by atoms with E-state index in [1.54, 1.807) is 12.1 Å². The number of rotatable bonds is 4. The molecule has 1 aromatic carbocycles. The maximum Gasteiger partial charge on any atom is 0.253 e. The zero-order valence-corrected chi connectivity index (χ0v) is 10.1. The second-order valence-corrected chi connectivity index (χ2v) is 4.01. The molecule has 0 saturated heterocycles. The van der Waals surface area contributed by atoms with Crippen LogP contribution in [0.4, 0.5) is 5.69 Å². The highest BCUT2D eigenvalue weighted by Gasteiger charge is 2.10. The van der Waals surface area contributed by atoms with Gasteiger partial charge in [-0.1, -0.05) is 16.8 Å². The van der Waals surface area contributed by atoms with Gasteiger partial charge < -0.3 is 15.6 Å². The van der Waals surface area contributed by atoms with Crippen LogP contribution < -0.4 is 11.1 Å². The van der Waals surface area contributed by atoms with E-state index in [-0.39, 0.29) is 5.91 Å². The maximum absolute atomic E-state index is 11.8. The molecule has 2 aromatic rings. The zero-order valence-electron chi connectivity index (χ0n) is 9.39. The number of halogens is 1. The normalized spacial score (nSPS) is 10.3. The van der Waals surface area contributed by atoms with Gasteiger partial charge in [-0.3, -0.25) is 4.79 Å². The summed E-state index contributed by atoms with van der Waals surface area (Å²) in [5.41, 5.74) is 6.43. The zero-order chi connectivity index (χ0) is 13.0. The fraction of sp³-hybridized carbons (Fsp3) is 0.182. The molecule has 0 saturated carbocycles. The topological polar surface area (TPSA) is 94.0 Å². The smallest absolute Gasteiger partial charge is 0.253 e. The van der Waals surface area contributed by atoms with Crippen LogP contribution in [0, 0.1) is 0 Å². The van der Waals surface area contributed by atoms with E-state index in [0.717, 1.165) is 0 Å². The van der Waals surface area contributed by atoms with E-state index in [1.807, 2.05) is 0 Å². The van der Waals surface area contributed by atoms with Gasteiger partial charge in [0.15, 0.2) is 6.33 Å². The molecule has 0 aliphatic rings. The second-order valence-electron chi connectivity index (χ2n) is 3.57. The minimum Gasteiger partial charge on any atom is -0.398 e. The van der Waals surface area contributed by atoms with Gasteiger partial charge in [0.25, 0.3) is 5.91 Å². The Balaban J connectivity index is 1.93. The Morgan fingerprint density at radius 3 is 3.06 bits per heavy atom. The van der Waals surface area contributed by atoms with Crippen LogP contribution in [-0.4, -0.2) is 22.6 Å². The first kappa shape index (κ1) is 12.4. The minimum atomic E-state index is -0.283. The molecule has 0 bridgehead atoms. The lowest BCUT2D eigenvalue weighted by atomic mass is 10.1. The van der Waals surface area contributed by atoms with Crippen molar-refractivity contribution in [3.8, 4) is 0 Å². The summed E-state index contributed by atoms with van der Waals surface area (Å²) >= 11 is 5.81. The van der Waals surface area contributed by atoms with Crippen LogP contribution in [-0.2, 0) is 6.42 Å². The summed E-state index contributed by atoms with van der Waals surface area (Å²) in [7, 11) is 0. The van der Waals surface area contributed by atoms with E-state index in [0.29, 0.717) is 35.1 Å². The van der Waals surface area contributed by atoms with Crippen LogP contribution in [0.2, 0.25) is 5.02 Å². The number of nitrogen functional groups attached to an aromatic ring is 1. The van der Waals surface area contributed by atoms with Crippen LogP contribution >= 0.6 is 11.6 Å². The number of nitrogens with one attached hydrogen (secondary N) is 1. The number of carbonyl (C=O) groups is 1. The van der Waals surface area contributed by atoms with Gasteiger partial charge in [0.2, 0.25) is 5.89 Å². The van der Waals surface area contributed by atoms with Gasteiger partial charge in [-0.05, 0) is 18.2 Å². The molecule has 0 atom stereocenters. The molecule has 1 heterocycles. The Morgan fingerprint density at radius 1 is 1.50 bits per heavy atom. The third-order valence-electron chi connectivity index (χ3n) is 2.29. The number of nitrogens with zero attached hydrogens (tertiary/aromatic N) is 2. The summed E-state index contributed by atoms with van der Waals surface area (Å²) < 4.78 is 4.81. The van der Waals surface area contributed by atoms with Gasteiger partial charge >= 0.3 is 0 Å². The quantitative estimate of drug-likeness (QED) is 0.813. The summed E-state index contributed by atoms with van der Waals surface area (Å²) in [6.45, 7) is 0.382. The number of benzene rings is 1. The number of nitrogens with two attached hydrogens (primary N) is 1. The number of hydrogen-bond donors (Lipinski definition) is 2. The summed E-state index contributed by atoms with van der Waals surface area (Å²) in [4.78, 5) is 15.7. The molecule has 94 valence electrons. The van der Waals surface area contributed by atoms with Gasteiger partial charge in [-0.25, -0.2) is 0 Å². The lowest BCUT2D eigenvalue weighted by Gasteiger charge is -2.06. The van der Waals surface area contributed by atoms with Crippen LogP contribution in [0.5, 0.6) is 0 Å². The first-order chi connectivity index (χ1) is 8.66. The Bertz CT molecular complexity index is 542. The van der Waals surface area contributed by atoms with Gasteiger partial charge in [-0.2, -0.15) is 4.98 Å². The fourth-order valence-electron chi connectivity index (χ4n) is 1.41. The number of aromatic nitrogens is 2. The Kier molecular flexibility index (Phi) is 3.78. The number of amides is 1. The van der Waals surface area contributed by atoms with Crippen molar-refractivity contribution >= 4 is 23.2 Å². The predicted octanol–water partition coefficient (Wildman–Crippen LogP) is 1.28. The Labute approximate surface area is 108 Å². The molecule has 0 aliphatic heterocycles. The lowest BCUT2D eigenvalue weighted by Crippen LogP contribution is -2.26. The van der Waals surface area contributed by atoms with Crippen molar-refractivity contribution in [2.24, 2.45) is 0 Å². The van der Waals surface area contributed by atoms with Crippen molar-refractivity contribution < 1.29 is 9.32 Å². The van der Waals surface area contributed by atoms with Crippen LogP contribution in [0.25, 0.3) is 0 Å². The van der Waals surface area contributed by atoms with Gasteiger partial charge in [0.1, 0.15) is 0 Å². The summed E-state index contributed by atoms with van der Waals surface area (Å²) in [5, 5.41) is 6.63. The van der Waals surface area contributed by atoms with Gasteiger partial charge in [-0.15, -0.1) is 0 Å². The number of anilines is 1. The van der Waals surface area contributed by atoms with E-state index in [2.05, 4.69) is 15.5 Å². The molecule has 6 nitrogen and oxygen atoms in total. The molecule has 0 aliphatic carbocycles. The molecular formula is C11H11ClN4O2. The lowest BCUT2D eigenvalue weighted by molar-refractivity contribution is 0.0954. The average molecular weight is 267 g/mol. The molecule has 18 heavy (non-hydrogen) atoms. The molecular weight excluding hydrogens is 256 g/mol. The van der Waals surface area contributed by atoms with Crippen LogP contribution in [0.3, 0.4) is 0 Å². The third-order valence-corrected chi connectivity index (χ3v) is 2.53. The molecule has 7 heteroatoms. The van der Waals surface area contributed by atoms with Crippen molar-refractivity contribution in [2.45, 2.75) is 6.42 Å². The van der Waals surface area contributed by atoms with E-state index in [1.165, 1.54) is 12.4 Å². The highest BCUT2D eigenvalue weighted by Crippen LogP contribution is 2.17. The first-order valence-electron chi connectivity index (χ1n) is 5.25. The molecule has 0 spiro atoms. The first-order valence-corrected chi connectivity index (χ1v) is 5.63. The molecule has 0 radical (unpaired) electrons. The van der Waals surface area contributed by atoms with Crippen molar-refractivity contribution in [1.82, 2.24) is 15.5 Å². The van der Waals surface area contributed by atoms with E-state index < -0.39 is 0 Å². The van der Waals surface area contributed by atoms with Crippen LogP contribution in [0.15, 0.2) is 29.0 Å². The van der Waals surface area contributed by atoms with Gasteiger partial charge in [0, 0.05) is 23.7 Å². The number of carbonyl (C=O) groups excluding carboxylic acids is 1. The Morgan fingerprint density at radius 2 is 2.33 bits per heavy atom.